The Morgan fingerprint density at radius 2 is 2.07 bits per heavy atom. The first-order chi connectivity index (χ1) is 14.7. The lowest BCUT2D eigenvalue weighted by Crippen LogP contribution is -2.19. The minimum absolute atomic E-state index is 0.228. The monoisotopic (exact) mass is 405 g/mol. The molecule has 30 heavy (non-hydrogen) atoms. The van der Waals surface area contributed by atoms with Crippen LogP contribution in [0.5, 0.6) is 5.88 Å². The zero-order valence-corrected chi connectivity index (χ0v) is 16.9. The molecule has 3 heterocycles. The first kappa shape index (κ1) is 19.8. The molecule has 9 heteroatoms. The van der Waals surface area contributed by atoms with Crippen molar-refractivity contribution in [1.29, 1.82) is 5.26 Å². The molecule has 0 unspecified atom stereocenters. The summed E-state index contributed by atoms with van der Waals surface area (Å²) in [6, 6.07) is 6.04. The summed E-state index contributed by atoms with van der Waals surface area (Å²) < 4.78 is 12.8. The van der Waals surface area contributed by atoms with Gasteiger partial charge in [-0.3, -0.25) is 4.68 Å². The van der Waals surface area contributed by atoms with Crippen LogP contribution in [0.25, 0.3) is 11.3 Å². The van der Waals surface area contributed by atoms with E-state index in [4.69, 9.17) is 9.47 Å². The van der Waals surface area contributed by atoms with Crippen molar-refractivity contribution >= 4 is 11.6 Å². The number of nitrogens with zero attached hydrogens (tertiary/aromatic N) is 6. The van der Waals surface area contributed by atoms with Crippen LogP contribution >= 0.6 is 0 Å². The minimum atomic E-state index is -0.228. The quantitative estimate of drug-likeness (QED) is 0.606. The Hall–Kier alpha value is -3.51. The average Bonchev–Trinajstić information content (AvgIpc) is 3.15. The Morgan fingerprint density at radius 3 is 2.73 bits per heavy atom. The summed E-state index contributed by atoms with van der Waals surface area (Å²) in [6.45, 7) is 2.26. The van der Waals surface area contributed by atoms with Gasteiger partial charge in [-0.15, -0.1) is 0 Å². The van der Waals surface area contributed by atoms with Gasteiger partial charge in [-0.05, 0) is 38.3 Å². The zero-order valence-electron chi connectivity index (χ0n) is 16.9. The second-order valence-electron chi connectivity index (χ2n) is 7.26. The molecule has 1 fully saturated rings. The maximum absolute atomic E-state index is 9.31. The first-order valence-corrected chi connectivity index (χ1v) is 9.86. The van der Waals surface area contributed by atoms with E-state index >= 15 is 0 Å². The van der Waals surface area contributed by atoms with Crippen molar-refractivity contribution in [3.63, 3.8) is 0 Å². The van der Waals surface area contributed by atoms with Crippen molar-refractivity contribution in [2.24, 2.45) is 0 Å². The van der Waals surface area contributed by atoms with Crippen molar-refractivity contribution in [1.82, 2.24) is 24.7 Å². The van der Waals surface area contributed by atoms with E-state index < -0.39 is 0 Å². The van der Waals surface area contributed by atoms with Gasteiger partial charge in [0.15, 0.2) is 0 Å². The van der Waals surface area contributed by atoms with Crippen LogP contribution in [-0.2, 0) is 4.74 Å². The molecule has 3 aromatic rings. The van der Waals surface area contributed by atoms with E-state index in [2.05, 4.69) is 31.4 Å². The highest BCUT2D eigenvalue weighted by Crippen LogP contribution is 2.31. The van der Waals surface area contributed by atoms with Gasteiger partial charge in [-0.1, -0.05) is 0 Å². The number of anilines is 2. The number of rotatable bonds is 8. The molecule has 154 valence electrons. The third kappa shape index (κ3) is 4.39. The minimum Gasteiger partial charge on any atom is -0.471 e. The predicted octanol–water partition coefficient (Wildman–Crippen LogP) is 3.49. The van der Waals surface area contributed by atoms with Crippen molar-refractivity contribution in [2.75, 3.05) is 19.0 Å². The number of hydrogen-bond donors (Lipinski definition) is 1. The number of nitriles is 1. The van der Waals surface area contributed by atoms with Gasteiger partial charge in [0, 0.05) is 31.3 Å². The van der Waals surface area contributed by atoms with Gasteiger partial charge in [0.2, 0.25) is 11.8 Å². The molecule has 9 nitrogen and oxygen atoms in total. The van der Waals surface area contributed by atoms with Crippen LogP contribution < -0.4 is 10.1 Å². The molecule has 0 aromatic carbocycles. The number of pyridine rings is 1. The Morgan fingerprint density at radius 1 is 1.27 bits per heavy atom. The third-order valence-corrected chi connectivity index (χ3v) is 4.95. The maximum Gasteiger partial charge on any atom is 0.232 e. The summed E-state index contributed by atoms with van der Waals surface area (Å²) >= 11 is 0. The lowest BCUT2D eigenvalue weighted by Gasteiger charge is -2.25. The fourth-order valence-corrected chi connectivity index (χ4v) is 3.14. The van der Waals surface area contributed by atoms with Gasteiger partial charge in [-0.25, -0.2) is 15.0 Å². The first-order valence-electron chi connectivity index (χ1n) is 9.86. The third-order valence-electron chi connectivity index (χ3n) is 4.95. The van der Waals surface area contributed by atoms with Crippen LogP contribution in [0.1, 0.15) is 37.8 Å². The fraction of sp³-hybridized carbons (Fsp3) is 0.381. The molecule has 0 amide bonds. The van der Waals surface area contributed by atoms with E-state index in [-0.39, 0.29) is 12.0 Å². The molecule has 0 bridgehead atoms. The topological polar surface area (TPSA) is 111 Å². The predicted molar refractivity (Wildman–Crippen MR) is 110 cm³/mol. The molecular weight excluding hydrogens is 382 g/mol. The summed E-state index contributed by atoms with van der Waals surface area (Å²) in [6.07, 6.45) is 10.5. The van der Waals surface area contributed by atoms with Crippen LogP contribution in [0.3, 0.4) is 0 Å². The molecule has 1 saturated carbocycles. The Kier molecular flexibility index (Phi) is 5.86. The molecule has 1 aliphatic rings. The summed E-state index contributed by atoms with van der Waals surface area (Å²) in [5.74, 6) is 0.746. The lowest BCUT2D eigenvalue weighted by atomic mass is 9.93. The molecule has 1 aliphatic carbocycles. The Bertz CT molecular complexity index is 1040. The molecule has 0 aliphatic heterocycles. The number of nitrogens with one attached hydrogen (secondary N) is 1. The van der Waals surface area contributed by atoms with Crippen molar-refractivity contribution in [3.05, 3.63) is 42.5 Å². The summed E-state index contributed by atoms with van der Waals surface area (Å²) in [5, 5.41) is 16.9. The molecule has 0 spiro atoms. The lowest BCUT2D eigenvalue weighted by molar-refractivity contribution is 0.0888. The van der Waals surface area contributed by atoms with Crippen molar-refractivity contribution in [3.8, 4) is 23.2 Å². The molecule has 4 rings (SSSR count). The molecule has 1 N–H and O–H groups in total. The molecule has 1 atom stereocenters. The van der Waals surface area contributed by atoms with Crippen LogP contribution in [0.4, 0.5) is 11.6 Å². The van der Waals surface area contributed by atoms with Gasteiger partial charge in [0.05, 0.1) is 30.2 Å². The highest BCUT2D eigenvalue weighted by Gasteiger charge is 2.20. The van der Waals surface area contributed by atoms with Crippen molar-refractivity contribution in [2.45, 2.75) is 38.3 Å². The molecule has 0 radical (unpaired) electrons. The van der Waals surface area contributed by atoms with E-state index in [1.165, 1.54) is 19.3 Å². The normalized spacial score (nSPS) is 14.6. The fourth-order valence-electron chi connectivity index (χ4n) is 3.14. The zero-order chi connectivity index (χ0) is 20.9. The number of hydrogen-bond acceptors (Lipinski definition) is 8. The van der Waals surface area contributed by atoms with Gasteiger partial charge in [0.25, 0.3) is 0 Å². The number of aromatic nitrogens is 5. The Balaban J connectivity index is 1.48. The van der Waals surface area contributed by atoms with E-state index in [0.29, 0.717) is 29.9 Å². The van der Waals surface area contributed by atoms with Crippen LogP contribution in [0.15, 0.2) is 36.9 Å². The summed E-state index contributed by atoms with van der Waals surface area (Å²) in [4.78, 5) is 13.2. The second kappa shape index (κ2) is 8.88. The van der Waals surface area contributed by atoms with Crippen LogP contribution in [0.2, 0.25) is 0 Å². The second-order valence-corrected chi connectivity index (χ2v) is 7.26. The maximum atomic E-state index is 9.31. The smallest absolute Gasteiger partial charge is 0.232 e. The summed E-state index contributed by atoms with van der Waals surface area (Å²) in [5.41, 5.74) is 2.57. The molecular formula is C21H23N7O2. The van der Waals surface area contributed by atoms with Crippen molar-refractivity contribution < 1.29 is 9.47 Å². The van der Waals surface area contributed by atoms with Gasteiger partial charge in [0.1, 0.15) is 17.7 Å². The van der Waals surface area contributed by atoms with Gasteiger partial charge >= 0.3 is 0 Å². The van der Waals surface area contributed by atoms with E-state index in [0.717, 1.165) is 11.3 Å². The largest absolute Gasteiger partial charge is 0.471 e. The van der Waals surface area contributed by atoms with Crippen LogP contribution in [-0.4, -0.2) is 44.6 Å². The number of methoxy groups -OCH3 is 1. The number of ether oxygens (including phenoxy) is 2. The standard InChI is InChI=1S/C21H23N7O2/c1-14(13-29-2)30-20-15(8-22)6-7-19(27-20)16-9-23-21(24-10-16)26-17-11-25-28(12-17)18-4-3-5-18/h6-7,9-12,14,18H,3-5,13H2,1-2H3,(H,23,24,26)/t14-/m0/s1. The van der Waals surface area contributed by atoms with E-state index in [1.54, 1.807) is 37.8 Å². The summed E-state index contributed by atoms with van der Waals surface area (Å²) in [7, 11) is 1.60. The molecule has 0 saturated heterocycles. The molecule has 3 aromatic heterocycles. The van der Waals surface area contributed by atoms with Gasteiger partial charge in [-0.2, -0.15) is 10.4 Å². The van der Waals surface area contributed by atoms with E-state index in [9.17, 15) is 5.26 Å². The SMILES string of the molecule is COC[C@H](C)Oc1nc(-c2cnc(Nc3cnn(C4CCC4)c3)nc2)ccc1C#N. The Labute approximate surface area is 174 Å². The average molecular weight is 405 g/mol. The highest BCUT2D eigenvalue weighted by atomic mass is 16.5. The van der Waals surface area contributed by atoms with E-state index in [1.807, 2.05) is 17.8 Å². The van der Waals surface area contributed by atoms with Gasteiger partial charge < -0.3 is 14.8 Å². The van der Waals surface area contributed by atoms with Crippen LogP contribution in [0, 0.1) is 11.3 Å². The highest BCUT2D eigenvalue weighted by molar-refractivity contribution is 5.61.